The van der Waals surface area contributed by atoms with Gasteiger partial charge in [0.25, 0.3) is 0 Å². The molecule has 1 aromatic heterocycles. The van der Waals surface area contributed by atoms with Gasteiger partial charge in [-0.15, -0.1) is 0 Å². The highest BCUT2D eigenvalue weighted by Gasteiger charge is 2.13. The maximum Gasteiger partial charge on any atom is 0.360 e. The smallest absolute Gasteiger partial charge is 0.360 e. The monoisotopic (exact) mass is 155 g/mol. The van der Waals surface area contributed by atoms with Gasteiger partial charge in [0, 0.05) is 12.3 Å². The number of hydrogen-bond donors (Lipinski definition) is 2. The zero-order chi connectivity index (χ0) is 8.27. The average Bonchev–Trinajstić information content (AvgIpc) is 2.36. The summed E-state index contributed by atoms with van der Waals surface area (Å²) in [6, 6.07) is 1.73. The Labute approximate surface area is 64.4 Å². The molecule has 0 atom stereocenters. The van der Waals surface area contributed by atoms with E-state index in [1.807, 2.05) is 0 Å². The third-order valence-electron chi connectivity index (χ3n) is 1.31. The molecule has 0 bridgehead atoms. The molecule has 0 radical (unpaired) electrons. The fraction of sp³-hybridized carbons (Fsp3) is 0.286. The molecule has 4 heteroatoms. The molecule has 11 heavy (non-hydrogen) atoms. The van der Waals surface area contributed by atoms with E-state index in [0.717, 1.165) is 0 Å². The summed E-state index contributed by atoms with van der Waals surface area (Å²) in [5.74, 6) is -0.345. The molecule has 4 N–H and O–H groups in total. The van der Waals surface area contributed by atoms with E-state index in [9.17, 15) is 4.79 Å². The van der Waals surface area contributed by atoms with Crippen LogP contribution in [0.1, 0.15) is 17.4 Å². The predicted molar refractivity (Wildman–Crippen MR) is 39.3 cm³/mol. The molecule has 0 spiro atoms. The van der Waals surface area contributed by atoms with Gasteiger partial charge in [0.15, 0.2) is 11.4 Å². The van der Waals surface area contributed by atoms with Crippen molar-refractivity contribution in [2.45, 2.75) is 6.92 Å². The van der Waals surface area contributed by atoms with E-state index in [4.69, 9.17) is 4.74 Å². The highest BCUT2D eigenvalue weighted by molar-refractivity contribution is 5.91. The number of esters is 1. The van der Waals surface area contributed by atoms with Crippen molar-refractivity contribution >= 4 is 11.7 Å². The first-order chi connectivity index (χ1) is 5.25. The van der Waals surface area contributed by atoms with E-state index in [0.29, 0.717) is 18.0 Å². The quantitative estimate of drug-likeness (QED) is 0.593. The summed E-state index contributed by atoms with van der Waals surface area (Å²) in [6.07, 6.45) is 1.66. The van der Waals surface area contributed by atoms with Crippen LogP contribution in [0.5, 0.6) is 0 Å². The van der Waals surface area contributed by atoms with Gasteiger partial charge in [0.05, 0.1) is 6.61 Å². The topological polar surface area (TPSA) is 69.7 Å². The van der Waals surface area contributed by atoms with Gasteiger partial charge >= 0.3 is 5.97 Å². The lowest BCUT2D eigenvalue weighted by Crippen LogP contribution is -2.41. The Morgan fingerprint density at radius 3 is 3.00 bits per heavy atom. The summed E-state index contributed by atoms with van der Waals surface area (Å²) in [4.78, 5) is 13.8. The molecule has 0 aliphatic carbocycles. The number of rotatable bonds is 2. The Hall–Kier alpha value is -1.29. The zero-order valence-corrected chi connectivity index (χ0v) is 6.39. The van der Waals surface area contributed by atoms with Gasteiger partial charge in [-0.25, -0.2) is 4.79 Å². The van der Waals surface area contributed by atoms with Crippen LogP contribution in [-0.2, 0) is 4.74 Å². The zero-order valence-electron chi connectivity index (χ0n) is 6.39. The van der Waals surface area contributed by atoms with Gasteiger partial charge in [0.2, 0.25) is 0 Å². The summed E-state index contributed by atoms with van der Waals surface area (Å²) in [5.41, 5.74) is 4.76. The second-order valence-electron chi connectivity index (χ2n) is 2.10. The molecular weight excluding hydrogens is 144 g/mol. The standard InChI is InChI=1S/C7H10N2O2/c1-2-11-7(10)6-5(8)3-4-9-6/h3-4,9H,2,8H2,1H3/p+1. The Morgan fingerprint density at radius 2 is 2.55 bits per heavy atom. The van der Waals surface area contributed by atoms with Crippen LogP contribution in [0.25, 0.3) is 0 Å². The summed E-state index contributed by atoms with van der Waals surface area (Å²) in [6.45, 7) is 2.15. The fourth-order valence-corrected chi connectivity index (χ4v) is 0.795. The van der Waals surface area contributed by atoms with Crippen LogP contribution in [0.2, 0.25) is 0 Å². The first kappa shape index (κ1) is 7.81. The first-order valence-corrected chi connectivity index (χ1v) is 3.42. The number of aromatic nitrogens is 1. The Bertz CT molecular complexity index is 255. The lowest BCUT2D eigenvalue weighted by atomic mass is 10.4. The highest BCUT2D eigenvalue weighted by Crippen LogP contribution is 2.06. The van der Waals surface area contributed by atoms with Crippen molar-refractivity contribution in [3.05, 3.63) is 18.0 Å². The number of quaternary nitrogens is 1. The minimum Gasteiger partial charge on any atom is -0.461 e. The van der Waals surface area contributed by atoms with Gasteiger partial charge in [0.1, 0.15) is 0 Å². The second kappa shape index (κ2) is 3.21. The average molecular weight is 155 g/mol. The summed E-state index contributed by atoms with van der Waals surface area (Å²) >= 11 is 0. The maximum atomic E-state index is 11.0. The molecule has 1 heterocycles. The summed E-state index contributed by atoms with van der Waals surface area (Å²) < 4.78 is 4.76. The van der Waals surface area contributed by atoms with Crippen LogP contribution >= 0.6 is 0 Å². The highest BCUT2D eigenvalue weighted by atomic mass is 16.5. The van der Waals surface area contributed by atoms with E-state index in [1.165, 1.54) is 0 Å². The van der Waals surface area contributed by atoms with Gasteiger partial charge in [-0.2, -0.15) is 0 Å². The number of aromatic amines is 1. The molecule has 0 fully saturated rings. The van der Waals surface area contributed by atoms with Crippen LogP contribution in [0.15, 0.2) is 12.3 Å². The lowest BCUT2D eigenvalue weighted by molar-refractivity contribution is -0.255. The van der Waals surface area contributed by atoms with Crippen molar-refractivity contribution in [2.24, 2.45) is 0 Å². The van der Waals surface area contributed by atoms with E-state index in [1.54, 1.807) is 19.2 Å². The number of H-pyrrole nitrogens is 1. The van der Waals surface area contributed by atoms with Gasteiger partial charge < -0.3 is 15.5 Å². The number of nitrogens with one attached hydrogen (secondary N) is 1. The van der Waals surface area contributed by atoms with E-state index in [2.05, 4.69) is 10.7 Å². The van der Waals surface area contributed by atoms with Crippen molar-refractivity contribution in [3.63, 3.8) is 0 Å². The van der Waals surface area contributed by atoms with Gasteiger partial charge in [-0.1, -0.05) is 0 Å². The molecule has 0 unspecified atom stereocenters. The third-order valence-corrected chi connectivity index (χ3v) is 1.31. The maximum absolute atomic E-state index is 11.0. The molecule has 0 amide bonds. The molecule has 0 aromatic carbocycles. The van der Waals surface area contributed by atoms with Gasteiger partial charge in [-0.05, 0) is 6.92 Å². The van der Waals surface area contributed by atoms with Crippen LogP contribution in [-0.4, -0.2) is 17.6 Å². The lowest BCUT2D eigenvalue weighted by Gasteiger charge is -1.97. The molecule has 1 rings (SSSR count). The minimum atomic E-state index is -0.345. The van der Waals surface area contributed by atoms with Crippen LogP contribution in [0.4, 0.5) is 5.69 Å². The van der Waals surface area contributed by atoms with Crippen molar-refractivity contribution in [1.82, 2.24) is 4.98 Å². The van der Waals surface area contributed by atoms with E-state index >= 15 is 0 Å². The Balaban J connectivity index is 2.76. The summed E-state index contributed by atoms with van der Waals surface area (Å²) in [7, 11) is 0. The van der Waals surface area contributed by atoms with Crippen molar-refractivity contribution < 1.29 is 15.3 Å². The first-order valence-electron chi connectivity index (χ1n) is 3.42. The van der Waals surface area contributed by atoms with Gasteiger partial charge in [-0.3, -0.25) is 0 Å². The van der Waals surface area contributed by atoms with Crippen molar-refractivity contribution in [3.8, 4) is 0 Å². The molecule has 0 saturated heterocycles. The number of carbonyl (C=O) groups is 1. The largest absolute Gasteiger partial charge is 0.461 e. The SMILES string of the molecule is CCOC(=O)c1[nH]ccc1[NH3+]. The predicted octanol–water partition coefficient (Wildman–Crippen LogP) is 0.0648. The molecule has 0 aliphatic heterocycles. The van der Waals surface area contributed by atoms with Crippen LogP contribution in [0, 0.1) is 0 Å². The molecule has 4 nitrogen and oxygen atoms in total. The molecule has 0 saturated carbocycles. The van der Waals surface area contributed by atoms with Crippen molar-refractivity contribution in [1.29, 1.82) is 0 Å². The molecule has 0 aliphatic rings. The molecule has 1 aromatic rings. The van der Waals surface area contributed by atoms with Crippen LogP contribution < -0.4 is 5.73 Å². The van der Waals surface area contributed by atoms with Crippen LogP contribution in [0.3, 0.4) is 0 Å². The third kappa shape index (κ3) is 1.59. The molecular formula is C7H11N2O2+. The molecule has 60 valence electrons. The normalized spacial score (nSPS) is 9.64. The number of hydrogen-bond acceptors (Lipinski definition) is 2. The Kier molecular flexibility index (Phi) is 2.28. The minimum absolute atomic E-state index is 0.345. The summed E-state index contributed by atoms with van der Waals surface area (Å²) in [5, 5.41) is 0. The fourth-order valence-electron chi connectivity index (χ4n) is 0.795. The van der Waals surface area contributed by atoms with E-state index < -0.39 is 0 Å². The van der Waals surface area contributed by atoms with E-state index in [-0.39, 0.29) is 5.97 Å². The number of ether oxygens (including phenoxy) is 1. The number of carbonyl (C=O) groups excluding carboxylic acids is 1. The second-order valence-corrected chi connectivity index (χ2v) is 2.10. The Morgan fingerprint density at radius 1 is 1.82 bits per heavy atom. The van der Waals surface area contributed by atoms with Crippen molar-refractivity contribution in [2.75, 3.05) is 6.61 Å².